The third-order valence-corrected chi connectivity index (χ3v) is 5.52. The van der Waals surface area contributed by atoms with E-state index in [9.17, 15) is 0 Å². The van der Waals surface area contributed by atoms with E-state index in [-0.39, 0.29) is 6.04 Å². The molecule has 2 rings (SSSR count). The monoisotopic (exact) mass is 327 g/mol. The van der Waals surface area contributed by atoms with Crippen LogP contribution in [0.4, 0.5) is 0 Å². The fourth-order valence-corrected chi connectivity index (χ4v) is 4.62. The molecule has 1 aromatic carbocycles. The molecule has 0 bridgehead atoms. The summed E-state index contributed by atoms with van der Waals surface area (Å²) >= 11 is 5.57. The molecule has 0 aromatic heterocycles. The molecule has 1 fully saturated rings. The van der Waals surface area contributed by atoms with E-state index in [1.165, 1.54) is 36.1 Å². The Morgan fingerprint density at radius 3 is 2.83 bits per heavy atom. The Bertz CT molecular complexity index is 405. The molecule has 0 amide bonds. The van der Waals surface area contributed by atoms with Crippen LogP contribution in [-0.2, 0) is 0 Å². The van der Waals surface area contributed by atoms with E-state index in [1.807, 2.05) is 11.8 Å². The standard InChI is InChI=1S/C15H22BrNS/c1-10-4-3-5-13(8-10)18-15-7-6-12(16)9-14(15)11(2)17/h6-7,9-11,13H,3-5,8,17H2,1-2H3. The molecule has 1 aliphatic rings. The Labute approximate surface area is 123 Å². The number of hydrogen-bond acceptors (Lipinski definition) is 2. The van der Waals surface area contributed by atoms with Crippen molar-refractivity contribution in [3.8, 4) is 0 Å². The van der Waals surface area contributed by atoms with Gasteiger partial charge in [-0.2, -0.15) is 0 Å². The van der Waals surface area contributed by atoms with Crippen molar-refractivity contribution in [1.82, 2.24) is 0 Å². The number of thioether (sulfide) groups is 1. The number of benzene rings is 1. The van der Waals surface area contributed by atoms with Crippen LogP contribution in [-0.4, -0.2) is 5.25 Å². The van der Waals surface area contributed by atoms with Gasteiger partial charge < -0.3 is 5.73 Å². The first-order valence-electron chi connectivity index (χ1n) is 6.78. The van der Waals surface area contributed by atoms with E-state index >= 15 is 0 Å². The van der Waals surface area contributed by atoms with Crippen molar-refractivity contribution in [3.63, 3.8) is 0 Å². The molecule has 0 saturated heterocycles. The fourth-order valence-electron chi connectivity index (χ4n) is 2.65. The Hall–Kier alpha value is 0.01000. The molecule has 0 heterocycles. The number of nitrogens with two attached hydrogens (primary N) is 1. The molecule has 1 aliphatic carbocycles. The molecule has 2 N–H and O–H groups in total. The van der Waals surface area contributed by atoms with E-state index in [1.54, 1.807) is 0 Å². The first-order chi connectivity index (χ1) is 8.56. The minimum absolute atomic E-state index is 0.103. The molecular weight excluding hydrogens is 306 g/mol. The SMILES string of the molecule is CC1CCCC(Sc2ccc(Br)cc2C(C)N)C1. The molecule has 3 atom stereocenters. The second-order valence-corrected chi connectivity index (χ2v) is 7.74. The lowest BCUT2D eigenvalue weighted by Crippen LogP contribution is -2.15. The van der Waals surface area contributed by atoms with Gasteiger partial charge in [0, 0.05) is 20.7 Å². The van der Waals surface area contributed by atoms with Crippen molar-refractivity contribution in [1.29, 1.82) is 0 Å². The molecular formula is C15H22BrNS. The average Bonchev–Trinajstić information content (AvgIpc) is 2.31. The predicted octanol–water partition coefficient (Wildman–Crippen LogP) is 5.14. The van der Waals surface area contributed by atoms with Gasteiger partial charge in [-0.05, 0) is 49.4 Å². The van der Waals surface area contributed by atoms with E-state index in [0.29, 0.717) is 0 Å². The van der Waals surface area contributed by atoms with Crippen molar-refractivity contribution in [2.75, 3.05) is 0 Å². The third-order valence-electron chi connectivity index (χ3n) is 3.64. The van der Waals surface area contributed by atoms with E-state index in [0.717, 1.165) is 15.6 Å². The molecule has 0 aliphatic heterocycles. The van der Waals surface area contributed by atoms with Gasteiger partial charge in [0.1, 0.15) is 0 Å². The third kappa shape index (κ3) is 3.75. The van der Waals surface area contributed by atoms with Crippen molar-refractivity contribution in [3.05, 3.63) is 28.2 Å². The van der Waals surface area contributed by atoms with Crippen LogP contribution >= 0.6 is 27.7 Å². The summed E-state index contributed by atoms with van der Waals surface area (Å²) in [7, 11) is 0. The maximum atomic E-state index is 6.08. The molecule has 0 spiro atoms. The first kappa shape index (κ1) is 14.4. The first-order valence-corrected chi connectivity index (χ1v) is 8.45. The minimum atomic E-state index is 0.103. The highest BCUT2D eigenvalue weighted by Crippen LogP contribution is 2.39. The Morgan fingerprint density at radius 2 is 2.17 bits per heavy atom. The maximum absolute atomic E-state index is 6.08. The molecule has 18 heavy (non-hydrogen) atoms. The van der Waals surface area contributed by atoms with Crippen LogP contribution in [0.2, 0.25) is 0 Å². The van der Waals surface area contributed by atoms with Crippen molar-refractivity contribution >= 4 is 27.7 Å². The van der Waals surface area contributed by atoms with Gasteiger partial charge in [0.05, 0.1) is 0 Å². The Kier molecular flexibility index (Phi) is 5.16. The molecule has 3 unspecified atom stereocenters. The molecule has 1 nitrogen and oxygen atoms in total. The summed E-state index contributed by atoms with van der Waals surface area (Å²) in [6.45, 7) is 4.44. The minimum Gasteiger partial charge on any atom is -0.324 e. The Balaban J connectivity index is 2.12. The second-order valence-electron chi connectivity index (χ2n) is 5.48. The van der Waals surface area contributed by atoms with E-state index < -0.39 is 0 Å². The fraction of sp³-hybridized carbons (Fsp3) is 0.600. The highest BCUT2D eigenvalue weighted by Gasteiger charge is 2.21. The van der Waals surface area contributed by atoms with Crippen LogP contribution in [0, 0.1) is 5.92 Å². The van der Waals surface area contributed by atoms with Gasteiger partial charge in [-0.15, -0.1) is 11.8 Å². The van der Waals surface area contributed by atoms with Crippen molar-refractivity contribution < 1.29 is 0 Å². The van der Waals surface area contributed by atoms with Crippen LogP contribution in [0.15, 0.2) is 27.6 Å². The van der Waals surface area contributed by atoms with Gasteiger partial charge >= 0.3 is 0 Å². The summed E-state index contributed by atoms with van der Waals surface area (Å²) in [5, 5.41) is 0.771. The highest BCUT2D eigenvalue weighted by molar-refractivity contribution is 9.10. The topological polar surface area (TPSA) is 26.0 Å². The molecule has 1 aromatic rings. The number of hydrogen-bond donors (Lipinski definition) is 1. The van der Waals surface area contributed by atoms with Crippen LogP contribution < -0.4 is 5.73 Å². The summed E-state index contributed by atoms with van der Waals surface area (Å²) in [5.41, 5.74) is 7.35. The molecule has 1 saturated carbocycles. The number of halogens is 1. The lowest BCUT2D eigenvalue weighted by atomic mass is 9.91. The Morgan fingerprint density at radius 1 is 1.39 bits per heavy atom. The highest BCUT2D eigenvalue weighted by atomic mass is 79.9. The molecule has 100 valence electrons. The molecule has 3 heteroatoms. The van der Waals surface area contributed by atoms with Gasteiger partial charge in [0.2, 0.25) is 0 Å². The predicted molar refractivity (Wildman–Crippen MR) is 84.0 cm³/mol. The summed E-state index contributed by atoms with van der Waals surface area (Å²) < 4.78 is 1.12. The average molecular weight is 328 g/mol. The van der Waals surface area contributed by atoms with E-state index in [2.05, 4.69) is 48.0 Å². The molecule has 0 radical (unpaired) electrons. The van der Waals surface area contributed by atoms with E-state index in [4.69, 9.17) is 5.73 Å². The maximum Gasteiger partial charge on any atom is 0.0277 e. The van der Waals surface area contributed by atoms with Gasteiger partial charge in [-0.25, -0.2) is 0 Å². The largest absolute Gasteiger partial charge is 0.324 e. The summed E-state index contributed by atoms with van der Waals surface area (Å²) in [6.07, 6.45) is 5.48. The van der Waals surface area contributed by atoms with Crippen LogP contribution in [0.1, 0.15) is 51.1 Å². The quantitative estimate of drug-likeness (QED) is 0.831. The lowest BCUT2D eigenvalue weighted by molar-refractivity contribution is 0.394. The number of rotatable bonds is 3. The normalized spacial score (nSPS) is 26.0. The summed E-state index contributed by atoms with van der Waals surface area (Å²) in [5.74, 6) is 0.880. The van der Waals surface area contributed by atoms with Gasteiger partial charge in [0.15, 0.2) is 0 Å². The smallest absolute Gasteiger partial charge is 0.0277 e. The van der Waals surface area contributed by atoms with Crippen LogP contribution in [0.3, 0.4) is 0 Å². The summed E-state index contributed by atoms with van der Waals surface area (Å²) in [6, 6.07) is 6.61. The van der Waals surface area contributed by atoms with Gasteiger partial charge in [-0.1, -0.05) is 35.7 Å². The zero-order chi connectivity index (χ0) is 13.1. The van der Waals surface area contributed by atoms with Gasteiger partial charge in [0.25, 0.3) is 0 Å². The van der Waals surface area contributed by atoms with Crippen LogP contribution in [0.5, 0.6) is 0 Å². The summed E-state index contributed by atoms with van der Waals surface area (Å²) in [4.78, 5) is 1.37. The second kappa shape index (κ2) is 6.44. The van der Waals surface area contributed by atoms with Gasteiger partial charge in [-0.3, -0.25) is 0 Å². The van der Waals surface area contributed by atoms with Crippen LogP contribution in [0.25, 0.3) is 0 Å². The van der Waals surface area contributed by atoms with Crippen molar-refractivity contribution in [2.45, 2.75) is 55.7 Å². The lowest BCUT2D eigenvalue weighted by Gasteiger charge is -2.27. The van der Waals surface area contributed by atoms with Crippen molar-refractivity contribution in [2.24, 2.45) is 11.7 Å². The zero-order valence-corrected chi connectivity index (χ0v) is 13.6. The zero-order valence-electron chi connectivity index (χ0n) is 11.2.